The normalized spacial score (nSPS) is 30.0. The zero-order valence-corrected chi connectivity index (χ0v) is 14.4. The number of amides is 2. The zero-order valence-electron chi connectivity index (χ0n) is 13.7. The second-order valence-corrected chi connectivity index (χ2v) is 7.36. The number of halogens is 3. The number of hydrogen-bond acceptors (Lipinski definition) is 3. The number of carbonyl (C=O) groups is 2. The SMILES string of the molecule is O=C(COc1ccc(Cl)cc1)NC1C[C@@H](NC(=O)C2CC2(F)F)C2=CC21. The van der Waals surface area contributed by atoms with E-state index >= 15 is 0 Å². The summed E-state index contributed by atoms with van der Waals surface area (Å²) in [6.07, 6.45) is 2.08. The lowest BCUT2D eigenvalue weighted by molar-refractivity contribution is -0.125. The van der Waals surface area contributed by atoms with Gasteiger partial charge in [-0.2, -0.15) is 0 Å². The molecular formula is C18H17ClF2N2O3. The molecule has 4 rings (SSSR count). The lowest BCUT2D eigenvalue weighted by atomic mass is 10.1. The van der Waals surface area contributed by atoms with Crippen LogP contribution in [0.25, 0.3) is 0 Å². The van der Waals surface area contributed by atoms with Crippen molar-refractivity contribution < 1.29 is 23.1 Å². The molecule has 0 bridgehead atoms. The minimum atomic E-state index is -2.87. The van der Waals surface area contributed by atoms with Crippen LogP contribution in [0.5, 0.6) is 5.75 Å². The first-order valence-corrected chi connectivity index (χ1v) is 8.79. The standard InChI is InChI=1S/C18H17ClF2N2O3/c19-9-1-3-10(4-2-9)26-8-16(24)22-14-6-15(12-5-11(12)14)23-17(25)13-7-18(13,20)21/h1-5,11,13-15H,6-8H2,(H,22,24)(H,23,25)/t11?,13?,14?,15-/m1/s1. The maximum Gasteiger partial charge on any atom is 0.260 e. The van der Waals surface area contributed by atoms with Crippen molar-refractivity contribution in [3.63, 3.8) is 0 Å². The Morgan fingerprint density at radius 2 is 1.92 bits per heavy atom. The van der Waals surface area contributed by atoms with Crippen LogP contribution in [-0.4, -0.2) is 36.4 Å². The van der Waals surface area contributed by atoms with Crippen molar-refractivity contribution in [2.45, 2.75) is 30.8 Å². The molecular weight excluding hydrogens is 366 g/mol. The Labute approximate surface area is 153 Å². The van der Waals surface area contributed by atoms with Gasteiger partial charge >= 0.3 is 0 Å². The molecule has 3 unspecified atom stereocenters. The van der Waals surface area contributed by atoms with E-state index in [0.717, 1.165) is 5.57 Å². The third-order valence-electron chi connectivity index (χ3n) is 4.96. The Bertz CT molecular complexity index is 781. The lowest BCUT2D eigenvalue weighted by Gasteiger charge is -2.17. The quantitative estimate of drug-likeness (QED) is 0.742. The third-order valence-corrected chi connectivity index (χ3v) is 5.21. The van der Waals surface area contributed by atoms with Crippen LogP contribution in [0.4, 0.5) is 8.78 Å². The maximum absolute atomic E-state index is 13.0. The summed E-state index contributed by atoms with van der Waals surface area (Å²) in [5.74, 6) is -4.32. The molecule has 0 heterocycles. The van der Waals surface area contributed by atoms with Crippen molar-refractivity contribution in [2.24, 2.45) is 11.8 Å². The number of rotatable bonds is 6. The van der Waals surface area contributed by atoms with Gasteiger partial charge in [0.15, 0.2) is 6.61 Å². The highest BCUT2D eigenvalue weighted by Gasteiger charge is 2.62. The van der Waals surface area contributed by atoms with Crippen LogP contribution in [0, 0.1) is 11.8 Å². The van der Waals surface area contributed by atoms with E-state index in [2.05, 4.69) is 10.6 Å². The van der Waals surface area contributed by atoms with Crippen molar-refractivity contribution in [1.29, 1.82) is 0 Å². The number of fused-ring (bicyclic) bond motifs is 1. The molecule has 0 radical (unpaired) electrons. The average Bonchev–Trinajstić information content (AvgIpc) is 3.47. The van der Waals surface area contributed by atoms with Gasteiger partial charge in [-0.15, -0.1) is 0 Å². The van der Waals surface area contributed by atoms with Gasteiger partial charge in [0.1, 0.15) is 11.7 Å². The van der Waals surface area contributed by atoms with Crippen molar-refractivity contribution >= 4 is 23.4 Å². The molecule has 1 aromatic rings. The molecule has 2 fully saturated rings. The minimum Gasteiger partial charge on any atom is -0.484 e. The molecule has 0 aliphatic heterocycles. The number of alkyl halides is 2. The number of hydrogen-bond donors (Lipinski definition) is 2. The van der Waals surface area contributed by atoms with E-state index in [0.29, 0.717) is 17.2 Å². The maximum atomic E-state index is 13.0. The Morgan fingerprint density at radius 3 is 2.58 bits per heavy atom. The summed E-state index contributed by atoms with van der Waals surface area (Å²) in [5, 5.41) is 6.13. The molecule has 0 spiro atoms. The number of carbonyl (C=O) groups excluding carboxylic acids is 2. The Balaban J connectivity index is 1.23. The number of nitrogens with one attached hydrogen (secondary N) is 2. The van der Waals surface area contributed by atoms with E-state index in [9.17, 15) is 18.4 Å². The van der Waals surface area contributed by atoms with Gasteiger partial charge in [-0.05, 0) is 36.3 Å². The fourth-order valence-electron chi connectivity index (χ4n) is 3.38. The van der Waals surface area contributed by atoms with Crippen molar-refractivity contribution in [1.82, 2.24) is 10.6 Å². The van der Waals surface area contributed by atoms with Crippen LogP contribution in [0.2, 0.25) is 5.02 Å². The molecule has 26 heavy (non-hydrogen) atoms. The Morgan fingerprint density at radius 1 is 1.23 bits per heavy atom. The molecule has 1 aromatic carbocycles. The monoisotopic (exact) mass is 382 g/mol. The van der Waals surface area contributed by atoms with E-state index < -0.39 is 17.7 Å². The van der Waals surface area contributed by atoms with Gasteiger partial charge in [-0.3, -0.25) is 9.59 Å². The lowest BCUT2D eigenvalue weighted by Crippen LogP contribution is -2.41. The number of benzene rings is 1. The van der Waals surface area contributed by atoms with Crippen LogP contribution in [0.1, 0.15) is 12.8 Å². The summed E-state index contributed by atoms with van der Waals surface area (Å²) in [6, 6.07) is 6.27. The van der Waals surface area contributed by atoms with Gasteiger partial charge in [0, 0.05) is 23.4 Å². The molecule has 3 aliphatic carbocycles. The average molecular weight is 383 g/mol. The molecule has 4 atom stereocenters. The molecule has 0 saturated heterocycles. The first-order valence-electron chi connectivity index (χ1n) is 8.41. The topological polar surface area (TPSA) is 67.4 Å². The van der Waals surface area contributed by atoms with Crippen molar-refractivity contribution in [3.05, 3.63) is 40.9 Å². The minimum absolute atomic E-state index is 0.0968. The fourth-order valence-corrected chi connectivity index (χ4v) is 3.51. The molecule has 2 amide bonds. The Kier molecular flexibility index (Phi) is 4.14. The third kappa shape index (κ3) is 3.53. The van der Waals surface area contributed by atoms with E-state index in [1.165, 1.54) is 0 Å². The first kappa shape index (κ1) is 17.3. The predicted octanol–water partition coefficient (Wildman–Crippen LogP) is 2.30. The van der Waals surface area contributed by atoms with Crippen molar-refractivity contribution in [2.75, 3.05) is 6.61 Å². The largest absolute Gasteiger partial charge is 0.484 e. The van der Waals surface area contributed by atoms with Gasteiger partial charge in [-0.25, -0.2) is 8.78 Å². The molecule has 2 saturated carbocycles. The van der Waals surface area contributed by atoms with Crippen LogP contribution in [0.15, 0.2) is 35.9 Å². The van der Waals surface area contributed by atoms with E-state index in [-0.39, 0.29) is 36.9 Å². The fraction of sp³-hybridized carbons (Fsp3) is 0.444. The summed E-state index contributed by atoms with van der Waals surface area (Å²) in [5.41, 5.74) is 1.01. The molecule has 5 nitrogen and oxygen atoms in total. The van der Waals surface area contributed by atoms with Gasteiger partial charge < -0.3 is 15.4 Å². The molecule has 2 N–H and O–H groups in total. The Hall–Kier alpha value is -2.15. The van der Waals surface area contributed by atoms with Gasteiger partial charge in [-0.1, -0.05) is 17.7 Å². The smallest absolute Gasteiger partial charge is 0.260 e. The summed E-state index contributed by atoms with van der Waals surface area (Å²) in [6.45, 7) is -0.133. The molecule has 8 heteroatoms. The summed E-state index contributed by atoms with van der Waals surface area (Å²) >= 11 is 5.78. The predicted molar refractivity (Wildman–Crippen MR) is 90.1 cm³/mol. The molecule has 3 aliphatic rings. The molecule has 138 valence electrons. The highest BCUT2D eigenvalue weighted by molar-refractivity contribution is 6.30. The van der Waals surface area contributed by atoms with E-state index in [1.54, 1.807) is 24.3 Å². The van der Waals surface area contributed by atoms with E-state index in [4.69, 9.17) is 16.3 Å². The first-order chi connectivity index (χ1) is 12.3. The van der Waals surface area contributed by atoms with Crippen LogP contribution in [-0.2, 0) is 9.59 Å². The highest BCUT2D eigenvalue weighted by Crippen LogP contribution is 2.50. The summed E-state index contributed by atoms with van der Waals surface area (Å²) < 4.78 is 31.3. The van der Waals surface area contributed by atoms with E-state index in [1.807, 2.05) is 6.08 Å². The second-order valence-electron chi connectivity index (χ2n) is 6.92. The second kappa shape index (κ2) is 6.23. The van der Waals surface area contributed by atoms with Crippen LogP contribution in [0.3, 0.4) is 0 Å². The van der Waals surface area contributed by atoms with Gasteiger partial charge in [0.2, 0.25) is 5.91 Å². The highest BCUT2D eigenvalue weighted by atomic mass is 35.5. The van der Waals surface area contributed by atoms with Crippen LogP contribution >= 0.6 is 11.6 Å². The molecule has 0 aromatic heterocycles. The van der Waals surface area contributed by atoms with Gasteiger partial charge in [0.05, 0.1) is 6.04 Å². The summed E-state index contributed by atoms with van der Waals surface area (Å²) in [7, 11) is 0. The van der Waals surface area contributed by atoms with Crippen molar-refractivity contribution in [3.8, 4) is 5.75 Å². The van der Waals surface area contributed by atoms with Crippen LogP contribution < -0.4 is 15.4 Å². The summed E-state index contributed by atoms with van der Waals surface area (Å²) in [4.78, 5) is 23.9. The zero-order chi connectivity index (χ0) is 18.5. The number of ether oxygens (including phenoxy) is 1. The van der Waals surface area contributed by atoms with Gasteiger partial charge in [0.25, 0.3) is 11.8 Å².